The third kappa shape index (κ3) is 7.31. The molecule has 0 aliphatic rings. The fourth-order valence-corrected chi connectivity index (χ4v) is 3.77. The van der Waals surface area contributed by atoms with Crippen molar-refractivity contribution in [2.75, 3.05) is 6.54 Å². The highest BCUT2D eigenvalue weighted by atomic mass is 79.9. The number of ketones is 1. The second-order valence-electron chi connectivity index (χ2n) is 7.58. The molecule has 1 amide bonds. The number of Topliss-reactive ketones (excluding diaryl/α,β-unsaturated/α-hetero) is 1. The van der Waals surface area contributed by atoms with Gasteiger partial charge in [-0.05, 0) is 42.0 Å². The number of aromatic amines is 1. The molecule has 3 aromatic rings. The number of benzene rings is 2. The number of H-pyrrole nitrogens is 1. The summed E-state index contributed by atoms with van der Waals surface area (Å²) in [6, 6.07) is 11.5. The van der Waals surface area contributed by atoms with Gasteiger partial charge in [-0.15, -0.1) is 13.2 Å². The maximum atomic E-state index is 12.5. The maximum absolute atomic E-state index is 12.5. The Morgan fingerprint density at radius 3 is 2.65 bits per heavy atom. The normalized spacial score (nSPS) is 13.5. The minimum Gasteiger partial charge on any atom is -0.406 e. The van der Waals surface area contributed by atoms with E-state index in [1.807, 2.05) is 18.2 Å². The maximum Gasteiger partial charge on any atom is 0.573 e. The van der Waals surface area contributed by atoms with E-state index >= 15 is 0 Å². The van der Waals surface area contributed by atoms with Gasteiger partial charge in [0.15, 0.2) is 5.78 Å². The first kappa shape index (κ1) is 25.7. The molecule has 2 atom stereocenters. The molecule has 2 unspecified atom stereocenters. The number of nitrogens with one attached hydrogen (secondary N) is 3. The van der Waals surface area contributed by atoms with Crippen molar-refractivity contribution in [3.05, 3.63) is 64.3 Å². The molecular formula is C23H23BrF3N3O4. The van der Waals surface area contributed by atoms with Crippen LogP contribution in [0.4, 0.5) is 13.2 Å². The summed E-state index contributed by atoms with van der Waals surface area (Å²) in [4.78, 5) is 27.9. The van der Waals surface area contributed by atoms with Gasteiger partial charge < -0.3 is 20.1 Å². The average molecular weight is 542 g/mol. The lowest BCUT2D eigenvalue weighted by Gasteiger charge is -2.20. The summed E-state index contributed by atoms with van der Waals surface area (Å²) >= 11 is 3.39. The first-order chi connectivity index (χ1) is 16.0. The lowest BCUT2D eigenvalue weighted by atomic mass is 10.1. The lowest BCUT2D eigenvalue weighted by Crippen LogP contribution is -2.48. The van der Waals surface area contributed by atoms with E-state index in [0.717, 1.165) is 27.5 Å². The molecule has 0 radical (unpaired) electrons. The van der Waals surface area contributed by atoms with Crippen molar-refractivity contribution in [3.63, 3.8) is 0 Å². The van der Waals surface area contributed by atoms with Crippen LogP contribution >= 0.6 is 15.9 Å². The summed E-state index contributed by atoms with van der Waals surface area (Å²) in [5.74, 6) is -1.25. The van der Waals surface area contributed by atoms with Gasteiger partial charge in [-0.2, -0.15) is 0 Å². The van der Waals surface area contributed by atoms with Gasteiger partial charge in [0.2, 0.25) is 5.91 Å². The molecule has 0 aliphatic heterocycles. The molecule has 7 nitrogen and oxygen atoms in total. The zero-order chi connectivity index (χ0) is 24.9. The molecule has 0 saturated heterocycles. The third-order valence-corrected chi connectivity index (χ3v) is 5.48. The molecule has 34 heavy (non-hydrogen) atoms. The zero-order valence-corrected chi connectivity index (χ0v) is 19.7. The van der Waals surface area contributed by atoms with Gasteiger partial charge in [-0.25, -0.2) is 0 Å². The summed E-state index contributed by atoms with van der Waals surface area (Å²) in [5, 5.41) is 16.8. The summed E-state index contributed by atoms with van der Waals surface area (Å²) in [6.45, 7) is 1.60. The number of carbonyl (C=O) groups excluding carboxylic acids is 2. The summed E-state index contributed by atoms with van der Waals surface area (Å²) < 4.78 is 42.0. The molecule has 4 N–H and O–H groups in total. The second kappa shape index (κ2) is 11.0. The van der Waals surface area contributed by atoms with Gasteiger partial charge >= 0.3 is 6.36 Å². The number of hydrogen-bond acceptors (Lipinski definition) is 5. The molecule has 11 heteroatoms. The van der Waals surface area contributed by atoms with Crippen LogP contribution in [-0.2, 0) is 16.0 Å². The molecule has 0 bridgehead atoms. The lowest BCUT2D eigenvalue weighted by molar-refractivity contribution is -0.274. The van der Waals surface area contributed by atoms with Gasteiger partial charge in [0.1, 0.15) is 12.0 Å². The smallest absolute Gasteiger partial charge is 0.406 e. The quantitative estimate of drug-likeness (QED) is 0.289. The highest BCUT2D eigenvalue weighted by Crippen LogP contribution is 2.24. The number of amides is 1. The molecule has 0 aliphatic carbocycles. The van der Waals surface area contributed by atoms with E-state index in [-0.39, 0.29) is 25.2 Å². The summed E-state index contributed by atoms with van der Waals surface area (Å²) in [7, 11) is 0. The molecular weight excluding hydrogens is 519 g/mol. The van der Waals surface area contributed by atoms with Gasteiger partial charge in [0.05, 0.1) is 18.2 Å². The standard InChI is InChI=1S/C23H23BrF3N3O4/c1-2-20(31)19(12-28-22(33)18-11-14-10-15(24)6-7-17(14)29-18)30-21(32)9-13-4-3-5-16(8-13)34-23(25,26)27/h3-8,10-11,19,22,28-29,33H,2,9,12H2,1H3,(H,30,32). The Kier molecular flexibility index (Phi) is 8.34. The van der Waals surface area contributed by atoms with Crippen LogP contribution in [0.25, 0.3) is 10.9 Å². The Labute approximate surface area is 201 Å². The van der Waals surface area contributed by atoms with Crippen molar-refractivity contribution < 1.29 is 32.6 Å². The number of halogens is 4. The summed E-state index contributed by atoms with van der Waals surface area (Å²) in [6.07, 6.45) is -6.06. The van der Waals surface area contributed by atoms with Gasteiger partial charge in [-0.1, -0.05) is 35.0 Å². The highest BCUT2D eigenvalue weighted by Gasteiger charge is 2.31. The number of alkyl halides is 3. The molecule has 2 aromatic carbocycles. The van der Waals surface area contributed by atoms with E-state index < -0.39 is 30.3 Å². The van der Waals surface area contributed by atoms with Crippen LogP contribution in [0.5, 0.6) is 5.75 Å². The SMILES string of the molecule is CCC(=O)C(CNC(O)c1cc2cc(Br)ccc2[nH]1)NC(=O)Cc1cccc(OC(F)(F)F)c1. The van der Waals surface area contributed by atoms with Crippen LogP contribution in [0.3, 0.4) is 0 Å². The average Bonchev–Trinajstić information content (AvgIpc) is 3.18. The van der Waals surface area contributed by atoms with E-state index in [9.17, 15) is 27.9 Å². The topological polar surface area (TPSA) is 103 Å². The minimum absolute atomic E-state index is 0.0458. The monoisotopic (exact) mass is 541 g/mol. The molecule has 0 fully saturated rings. The van der Waals surface area contributed by atoms with E-state index in [0.29, 0.717) is 11.3 Å². The number of aromatic nitrogens is 1. The van der Waals surface area contributed by atoms with Crippen LogP contribution in [0.15, 0.2) is 53.0 Å². The molecule has 1 aromatic heterocycles. The fraction of sp³-hybridized carbons (Fsp3) is 0.304. The Balaban J connectivity index is 1.61. The first-order valence-corrected chi connectivity index (χ1v) is 11.2. The first-order valence-electron chi connectivity index (χ1n) is 10.4. The number of carbonyl (C=O) groups is 2. The fourth-order valence-electron chi connectivity index (χ4n) is 3.39. The largest absolute Gasteiger partial charge is 0.573 e. The van der Waals surface area contributed by atoms with Gasteiger partial charge in [0, 0.05) is 28.3 Å². The van der Waals surface area contributed by atoms with Crippen LogP contribution in [0.1, 0.15) is 30.8 Å². The van der Waals surface area contributed by atoms with Crippen LogP contribution in [0.2, 0.25) is 0 Å². The van der Waals surface area contributed by atoms with E-state index in [2.05, 4.69) is 36.3 Å². The Morgan fingerprint density at radius 2 is 1.94 bits per heavy atom. The van der Waals surface area contributed by atoms with Gasteiger partial charge in [0.25, 0.3) is 0 Å². The Morgan fingerprint density at radius 1 is 1.18 bits per heavy atom. The van der Waals surface area contributed by atoms with Crippen LogP contribution in [-0.4, -0.2) is 40.7 Å². The zero-order valence-electron chi connectivity index (χ0n) is 18.1. The molecule has 3 rings (SSSR count). The molecule has 0 saturated carbocycles. The van der Waals surface area contributed by atoms with Crippen LogP contribution < -0.4 is 15.4 Å². The molecule has 1 heterocycles. The Hall–Kier alpha value is -2.89. The number of hydrogen-bond donors (Lipinski definition) is 4. The van der Waals surface area contributed by atoms with E-state index in [1.165, 1.54) is 12.1 Å². The summed E-state index contributed by atoms with van der Waals surface area (Å²) in [5.41, 5.74) is 1.60. The predicted molar refractivity (Wildman–Crippen MR) is 123 cm³/mol. The highest BCUT2D eigenvalue weighted by molar-refractivity contribution is 9.10. The van der Waals surface area contributed by atoms with Crippen molar-refractivity contribution in [2.24, 2.45) is 0 Å². The van der Waals surface area contributed by atoms with Crippen molar-refractivity contribution in [1.82, 2.24) is 15.6 Å². The number of rotatable bonds is 10. The Bertz CT molecular complexity index is 1170. The number of aliphatic hydroxyl groups is 1. The minimum atomic E-state index is -4.84. The van der Waals surface area contributed by atoms with Crippen molar-refractivity contribution in [1.29, 1.82) is 0 Å². The number of fused-ring (bicyclic) bond motifs is 1. The second-order valence-corrected chi connectivity index (χ2v) is 8.49. The predicted octanol–water partition coefficient (Wildman–Crippen LogP) is 4.12. The van der Waals surface area contributed by atoms with Crippen molar-refractivity contribution in [3.8, 4) is 5.75 Å². The van der Waals surface area contributed by atoms with Crippen molar-refractivity contribution in [2.45, 2.75) is 38.4 Å². The van der Waals surface area contributed by atoms with Crippen molar-refractivity contribution >= 4 is 38.5 Å². The van der Waals surface area contributed by atoms with E-state index in [1.54, 1.807) is 13.0 Å². The van der Waals surface area contributed by atoms with Crippen LogP contribution in [0, 0.1) is 0 Å². The molecule has 0 spiro atoms. The van der Waals surface area contributed by atoms with E-state index in [4.69, 9.17) is 0 Å². The number of aliphatic hydroxyl groups excluding tert-OH is 1. The van der Waals surface area contributed by atoms with Gasteiger partial charge in [-0.3, -0.25) is 14.9 Å². The third-order valence-electron chi connectivity index (χ3n) is 4.98. The molecule has 182 valence electrons. The number of ether oxygens (including phenoxy) is 1.